The number of amides is 2. The van der Waals surface area contributed by atoms with Crippen LogP contribution in [0.4, 0.5) is 0 Å². The molecular formula is C13H11NO3. The summed E-state index contributed by atoms with van der Waals surface area (Å²) in [6.45, 7) is 0.317. The van der Waals surface area contributed by atoms with Crippen LogP contribution in [0.5, 0.6) is 0 Å². The van der Waals surface area contributed by atoms with E-state index in [1.807, 2.05) is 30.3 Å². The fourth-order valence-corrected chi connectivity index (χ4v) is 2.53. The third-order valence-corrected chi connectivity index (χ3v) is 3.52. The third-order valence-electron chi connectivity index (χ3n) is 3.52. The van der Waals surface area contributed by atoms with Crippen molar-refractivity contribution >= 4 is 18.1 Å². The van der Waals surface area contributed by atoms with Gasteiger partial charge < -0.3 is 4.79 Å². The van der Waals surface area contributed by atoms with Gasteiger partial charge in [-0.15, -0.1) is 0 Å². The smallest absolute Gasteiger partial charge is 0.234 e. The number of carbonyl (C=O) groups excluding carboxylic acids is 3. The molecule has 2 atom stereocenters. The van der Waals surface area contributed by atoms with Gasteiger partial charge in [0.25, 0.3) is 0 Å². The average molecular weight is 229 g/mol. The molecule has 2 unspecified atom stereocenters. The summed E-state index contributed by atoms with van der Waals surface area (Å²) in [7, 11) is 0. The molecule has 2 amide bonds. The number of fused-ring (bicyclic) bond motifs is 1. The average Bonchev–Trinajstić information content (AvgIpc) is 3.04. The van der Waals surface area contributed by atoms with Gasteiger partial charge in [0, 0.05) is 5.92 Å². The molecule has 4 nitrogen and oxygen atoms in total. The quantitative estimate of drug-likeness (QED) is 0.564. The number of aldehydes is 1. The zero-order chi connectivity index (χ0) is 12.0. The summed E-state index contributed by atoms with van der Waals surface area (Å²) >= 11 is 0. The van der Waals surface area contributed by atoms with Gasteiger partial charge in [-0.25, -0.2) is 0 Å². The van der Waals surface area contributed by atoms with Crippen LogP contribution < -0.4 is 0 Å². The lowest BCUT2D eigenvalue weighted by Crippen LogP contribution is -2.34. The molecule has 1 aliphatic heterocycles. The molecule has 1 saturated carbocycles. The van der Waals surface area contributed by atoms with E-state index in [4.69, 9.17) is 0 Å². The van der Waals surface area contributed by atoms with Gasteiger partial charge in [-0.2, -0.15) is 0 Å². The number of nitrogens with zero attached hydrogens (tertiary/aromatic N) is 1. The maximum Gasteiger partial charge on any atom is 0.234 e. The summed E-state index contributed by atoms with van der Waals surface area (Å²) < 4.78 is 0. The van der Waals surface area contributed by atoms with Crippen LogP contribution in [0.15, 0.2) is 30.3 Å². The normalized spacial score (nSPS) is 30.4. The molecule has 1 heterocycles. The highest BCUT2D eigenvalue weighted by atomic mass is 16.2. The molecule has 1 aromatic rings. The third kappa shape index (κ3) is 1.40. The molecule has 0 radical (unpaired) electrons. The lowest BCUT2D eigenvalue weighted by Gasteiger charge is -2.17. The molecule has 1 saturated heterocycles. The highest BCUT2D eigenvalue weighted by Crippen LogP contribution is 2.52. The maximum absolute atomic E-state index is 11.9. The molecule has 0 bridgehead atoms. The van der Waals surface area contributed by atoms with E-state index >= 15 is 0 Å². The number of hydrogen-bond acceptors (Lipinski definition) is 3. The van der Waals surface area contributed by atoms with Gasteiger partial charge in [-0.1, -0.05) is 30.3 Å². The SMILES string of the molecule is O=CC1C2C(=O)N(Cc3ccccc3)C(=O)C12. The number of likely N-dealkylation sites (tertiary alicyclic amines) is 1. The van der Waals surface area contributed by atoms with E-state index < -0.39 is 0 Å². The molecule has 1 aliphatic carbocycles. The number of hydrogen-bond donors (Lipinski definition) is 0. The Kier molecular flexibility index (Phi) is 2.11. The van der Waals surface area contributed by atoms with Crippen LogP contribution in [-0.2, 0) is 20.9 Å². The topological polar surface area (TPSA) is 54.5 Å². The van der Waals surface area contributed by atoms with Crippen LogP contribution in [0.25, 0.3) is 0 Å². The zero-order valence-corrected chi connectivity index (χ0v) is 9.08. The fraction of sp³-hybridized carbons (Fsp3) is 0.308. The molecule has 2 fully saturated rings. The first kappa shape index (κ1) is 10.2. The van der Waals surface area contributed by atoms with Crippen molar-refractivity contribution in [3.63, 3.8) is 0 Å². The van der Waals surface area contributed by atoms with E-state index in [0.29, 0.717) is 6.54 Å². The zero-order valence-electron chi connectivity index (χ0n) is 9.08. The molecule has 4 heteroatoms. The van der Waals surface area contributed by atoms with Crippen LogP contribution >= 0.6 is 0 Å². The first-order valence-electron chi connectivity index (χ1n) is 5.58. The van der Waals surface area contributed by atoms with Crippen LogP contribution in [0.1, 0.15) is 5.56 Å². The highest BCUT2D eigenvalue weighted by molar-refractivity contribution is 6.12. The van der Waals surface area contributed by atoms with E-state index in [9.17, 15) is 14.4 Å². The van der Waals surface area contributed by atoms with Crippen molar-refractivity contribution < 1.29 is 14.4 Å². The highest BCUT2D eigenvalue weighted by Gasteiger charge is 2.67. The Hall–Kier alpha value is -1.97. The minimum Gasteiger partial charge on any atom is -0.303 e. The van der Waals surface area contributed by atoms with Gasteiger partial charge in [0.1, 0.15) is 6.29 Å². The summed E-state index contributed by atoms with van der Waals surface area (Å²) in [4.78, 5) is 35.6. The summed E-state index contributed by atoms with van der Waals surface area (Å²) in [5.74, 6) is -1.49. The van der Waals surface area contributed by atoms with Crippen LogP contribution in [0, 0.1) is 17.8 Å². The molecule has 2 aliphatic rings. The van der Waals surface area contributed by atoms with Gasteiger partial charge in [-0.3, -0.25) is 14.5 Å². The minimum absolute atomic E-state index is 0.194. The Morgan fingerprint density at radius 3 is 2.18 bits per heavy atom. The van der Waals surface area contributed by atoms with E-state index in [2.05, 4.69) is 0 Å². The Morgan fingerprint density at radius 1 is 1.06 bits per heavy atom. The molecule has 1 aromatic carbocycles. The predicted molar refractivity (Wildman–Crippen MR) is 58.5 cm³/mol. The number of imide groups is 1. The Labute approximate surface area is 98.2 Å². The standard InChI is InChI=1S/C13H11NO3/c15-7-9-10-11(9)13(17)14(12(10)16)6-8-4-2-1-3-5-8/h1-5,7,9-11H,6H2. The van der Waals surface area contributed by atoms with Crippen molar-refractivity contribution in [3.05, 3.63) is 35.9 Å². The van der Waals surface area contributed by atoms with Gasteiger partial charge in [0.05, 0.1) is 18.4 Å². The van der Waals surface area contributed by atoms with Gasteiger partial charge >= 0.3 is 0 Å². The molecule has 3 rings (SSSR count). The van der Waals surface area contributed by atoms with Gasteiger partial charge in [0.15, 0.2) is 0 Å². The molecule has 17 heavy (non-hydrogen) atoms. The Balaban J connectivity index is 1.77. The van der Waals surface area contributed by atoms with Crippen LogP contribution in [0.2, 0.25) is 0 Å². The summed E-state index contributed by atoms with van der Waals surface area (Å²) in [6.07, 6.45) is 0.727. The lowest BCUT2D eigenvalue weighted by atomic mass is 10.2. The second kappa shape index (κ2) is 3.52. The predicted octanol–water partition coefficient (Wildman–Crippen LogP) is 0.616. The van der Waals surface area contributed by atoms with Crippen LogP contribution in [0.3, 0.4) is 0 Å². The van der Waals surface area contributed by atoms with Crippen LogP contribution in [-0.4, -0.2) is 23.0 Å². The second-order valence-electron chi connectivity index (χ2n) is 4.51. The molecular weight excluding hydrogens is 218 g/mol. The number of benzene rings is 1. The Bertz CT molecular complexity index is 475. The monoisotopic (exact) mass is 229 g/mol. The maximum atomic E-state index is 11.9. The first-order valence-corrected chi connectivity index (χ1v) is 5.58. The fourth-order valence-electron chi connectivity index (χ4n) is 2.53. The van der Waals surface area contributed by atoms with E-state index in [-0.39, 0.29) is 29.6 Å². The summed E-state index contributed by atoms with van der Waals surface area (Å²) in [5, 5.41) is 0. The van der Waals surface area contributed by atoms with Gasteiger partial charge in [0.2, 0.25) is 11.8 Å². The van der Waals surface area contributed by atoms with Crippen molar-refractivity contribution in [3.8, 4) is 0 Å². The minimum atomic E-state index is -0.372. The van der Waals surface area contributed by atoms with Crippen molar-refractivity contribution in [2.75, 3.05) is 0 Å². The summed E-state index contributed by atoms with van der Waals surface area (Å²) in [6, 6.07) is 9.38. The van der Waals surface area contributed by atoms with Gasteiger partial charge in [-0.05, 0) is 5.56 Å². The number of rotatable bonds is 3. The molecule has 0 aromatic heterocycles. The molecule has 0 spiro atoms. The Morgan fingerprint density at radius 2 is 1.65 bits per heavy atom. The molecule has 86 valence electrons. The largest absolute Gasteiger partial charge is 0.303 e. The van der Waals surface area contributed by atoms with Crippen molar-refractivity contribution in [2.45, 2.75) is 6.54 Å². The van der Waals surface area contributed by atoms with E-state index in [0.717, 1.165) is 11.8 Å². The van der Waals surface area contributed by atoms with E-state index in [1.165, 1.54) is 4.90 Å². The number of piperidine rings is 1. The number of carbonyl (C=O) groups is 3. The van der Waals surface area contributed by atoms with Crippen molar-refractivity contribution in [2.24, 2.45) is 17.8 Å². The second-order valence-corrected chi connectivity index (χ2v) is 4.51. The van der Waals surface area contributed by atoms with Crippen molar-refractivity contribution in [1.82, 2.24) is 4.90 Å². The summed E-state index contributed by atoms with van der Waals surface area (Å²) in [5.41, 5.74) is 0.929. The van der Waals surface area contributed by atoms with Crippen molar-refractivity contribution in [1.29, 1.82) is 0 Å². The first-order chi connectivity index (χ1) is 8.24. The lowest BCUT2D eigenvalue weighted by molar-refractivity contribution is -0.143. The van der Waals surface area contributed by atoms with E-state index in [1.54, 1.807) is 0 Å². The molecule has 0 N–H and O–H groups in total.